The smallest absolute Gasteiger partial charge is 0.129 e. The average Bonchev–Trinajstić information content (AvgIpc) is 1.65. The normalized spacial score (nSPS) is 10.8. The van der Waals surface area contributed by atoms with Crippen molar-refractivity contribution in [3.8, 4) is 0 Å². The van der Waals surface area contributed by atoms with Crippen molar-refractivity contribution < 1.29 is 866 Å². The largest absolute Gasteiger partial charge is 0.456 e. The maximum Gasteiger partial charge on any atom is 0.129 e. The molecule has 141 heavy (non-hydrogen) atoms. The van der Waals surface area contributed by atoms with E-state index in [-0.39, 0.29) is 785 Å². The summed E-state index contributed by atoms with van der Waals surface area (Å²) in [5.74, 6) is 0.917. The van der Waals surface area contributed by atoms with Crippen LogP contribution >= 0.6 is 224 Å². The van der Waals surface area contributed by atoms with Gasteiger partial charge in [-0.25, -0.2) is 13.3 Å². The summed E-state index contributed by atoms with van der Waals surface area (Å²) in [5, 5.41) is 12.8. The first kappa shape index (κ1) is 248. The number of halogens is 12. The molecule has 5 aromatic carbocycles. The third-order valence-corrected chi connectivity index (χ3v) is 27.2. The predicted molar refractivity (Wildman–Crippen MR) is 560 cm³/mol. The zero-order valence-electron chi connectivity index (χ0n) is 80.8. The maximum absolute atomic E-state index is 5.67. The number of thiophene rings is 3. The number of nitrogens with zero attached hydrogens (tertiary/aromatic N) is 9. The predicted octanol–water partition coefficient (Wildman–Crippen LogP) is 27.5. The van der Waals surface area contributed by atoms with Gasteiger partial charge in [-0.3, -0.25) is 0 Å². The van der Waals surface area contributed by atoms with Gasteiger partial charge >= 0.3 is 424 Å². The van der Waals surface area contributed by atoms with Crippen molar-refractivity contribution in [2.75, 3.05) is 78.4 Å². The van der Waals surface area contributed by atoms with Crippen molar-refractivity contribution in [1.29, 1.82) is 0 Å². The van der Waals surface area contributed by atoms with Crippen LogP contribution in [0.3, 0.4) is 0 Å². The number of allylic oxidation sites excluding steroid dienone is 4. The first-order valence-corrected chi connectivity index (χ1v) is 75.0. The Bertz CT molecular complexity index is 3710. The molecule has 9 nitrogen and oxygen atoms in total. The molecule has 4 aliphatic heterocycles. The number of hydrogen-bond donors (Lipinski definition) is 0. The summed E-state index contributed by atoms with van der Waals surface area (Å²) >= 11 is -4.47. The van der Waals surface area contributed by atoms with E-state index in [1.165, 1.54) is 57.8 Å². The number of hydrazone groups is 1. The minimum atomic E-state index is -1.61. The van der Waals surface area contributed by atoms with E-state index in [0.717, 1.165) is 33.9 Å². The number of amidine groups is 1. The monoisotopic (exact) mass is 4700 g/mol. The molecule has 8 unspecified atom stereocenters. The molecule has 24 radical (unpaired) electrons. The number of benzene rings is 5. The molecule has 0 saturated carbocycles. The minimum absolute atomic E-state index is 0. The van der Waals surface area contributed by atoms with E-state index < -0.39 is 81.1 Å². The Hall–Kier alpha value is 29.8. The van der Waals surface area contributed by atoms with E-state index in [1.54, 1.807) is 34.0 Å². The number of likely N-dealkylation sites (N-methyl/N-ethyl adjacent to an activating group) is 4. The van der Waals surface area contributed by atoms with Gasteiger partial charge in [-0.15, -0.1) is 6.67 Å². The van der Waals surface area contributed by atoms with Crippen LogP contribution < -0.4 is 9.91 Å². The van der Waals surface area contributed by atoms with Gasteiger partial charge in [0.25, 0.3) is 0 Å². The van der Waals surface area contributed by atoms with Gasteiger partial charge in [0.2, 0.25) is 0 Å². The Labute approximate surface area is 1570 Å². The summed E-state index contributed by atoms with van der Waals surface area (Å²) < 4.78 is 11.6. The minimum Gasteiger partial charge on any atom is -0.456 e. The Morgan fingerprint density at radius 1 is 0.298 bits per heavy atom. The molecule has 0 amide bonds. The molecule has 0 spiro atoms. The van der Waals surface area contributed by atoms with E-state index in [0.29, 0.717) is 0 Å². The second kappa shape index (κ2) is 187. The molecule has 8 atom stereocenters. The van der Waals surface area contributed by atoms with Crippen LogP contribution in [-0.4, -0.2) is 131 Å². The summed E-state index contributed by atoms with van der Waals surface area (Å²) in [6.45, 7) is 46.6. The van der Waals surface area contributed by atoms with Gasteiger partial charge in [0, 0.05) is 802 Å². The van der Waals surface area contributed by atoms with Gasteiger partial charge in [-0.1, -0.05) is 66.7 Å². The van der Waals surface area contributed by atoms with Gasteiger partial charge in [0.05, 0.1) is 0 Å². The van der Waals surface area contributed by atoms with Gasteiger partial charge in [0.15, 0.2) is 0 Å². The molecule has 7 heterocycles. The number of hydrogen-bond acceptors (Lipinski definition) is 12. The van der Waals surface area contributed by atoms with Gasteiger partial charge in [-0.2, -0.15) is 11.8 Å². The Kier molecular flexibility index (Phi) is 330. The fraction of sp³-hybridized carbons (Fsp3) is 0.177. The van der Waals surface area contributed by atoms with E-state index in [1.807, 2.05) is 227 Å². The zero-order valence-corrected chi connectivity index (χ0v) is 180. The summed E-state index contributed by atoms with van der Waals surface area (Å²) in [5.41, 5.74) is 9.36. The molecule has 2 saturated heterocycles. The summed E-state index contributed by atoms with van der Waals surface area (Å²) in [7, 11) is 97.3. The average molecular weight is 4700 g/mol. The topological polar surface area (TPSA) is 38.3 Å². The Morgan fingerprint density at radius 3 is 0.702 bits per heavy atom. The molecule has 12 rings (SSSR count). The van der Waals surface area contributed by atoms with Crippen LogP contribution in [0.5, 0.6) is 0 Å². The molecular weight excluding hydrogens is 4580 g/mol. The Balaban J connectivity index is -0.0000000341. The van der Waals surface area contributed by atoms with E-state index in [9.17, 15) is 0 Å². The Morgan fingerprint density at radius 2 is 0.525 bits per heavy atom. The molecule has 0 bridgehead atoms. The second-order valence-corrected chi connectivity index (χ2v) is 58.3. The van der Waals surface area contributed by atoms with E-state index >= 15 is 0 Å². The maximum atomic E-state index is 5.67. The second-order valence-electron chi connectivity index (χ2n) is 20.9. The summed E-state index contributed by atoms with van der Waals surface area (Å²) in [6.07, 6.45) is 1.96. The van der Waals surface area contributed by atoms with Crippen LogP contribution in [0.2, 0.25) is 0 Å². The summed E-state index contributed by atoms with van der Waals surface area (Å²) in [6, 6.07) is 62.5. The third kappa shape index (κ3) is 158. The van der Waals surface area contributed by atoms with E-state index in [4.69, 9.17) is 121 Å². The quantitative estimate of drug-likeness (QED) is 0.0804. The van der Waals surface area contributed by atoms with Gasteiger partial charge < -0.3 is 167 Å². The number of para-hydroxylation sites is 2. The van der Waals surface area contributed by atoms with Crippen LogP contribution in [-0.2, 0) is 866 Å². The van der Waals surface area contributed by atoms with Crippen LogP contribution in [0.4, 0.5) is 11.4 Å². The summed E-state index contributed by atoms with van der Waals surface area (Å²) in [4.78, 5) is 18.6. The van der Waals surface area contributed by atoms with Crippen molar-refractivity contribution >= 4 is 269 Å². The molecule has 8 aromatic rings. The SMILES string of the molecule is CC(C)=C[CH]=[Ru]([Cl])[Cl].CC1=C(C)N(C)[CH-]N1C.CN1[CH-]N(C)CC1.CN1[CH-]N(C)CC1.[CH2-]P.[CH2-]P.[CH2-]P.[CH2-]P.[CH2-]P.[CH2-]P.[CH2-]P.[CH2-]P.[Cl][Ru]([Cl])=[CH]c1ccccc1.[Cl][Ru]([Cl])=[CH]c1ccccc1.[Cl][Ru]([Cl])=[CH]c1cccs1.[Cl][Ru]([Cl])=[CH]c1cccs1.[Cl][Ru]([Cl])=[CH]c1cccs1.[Y].[Y].[Y].[Y].[Y].[Y].[Y].[Y].[Y].[Y].[Y].[Y].[Y].[Y].[Y].[Y].[Y].[Y].[Y].[Y].[Y].[Y].[Y].[Y].c1ccc(C2=NN(c3ccccc3)[CH-]N2c2ccccc2)cc1. The molecule has 0 aliphatic carbocycles. The van der Waals surface area contributed by atoms with Crippen LogP contribution in [0.1, 0.15) is 59.0 Å². The molecule has 0 N–H and O–H groups in total. The van der Waals surface area contributed by atoms with Crippen molar-refractivity contribution in [3.05, 3.63) is 339 Å². The molecule has 3 aromatic heterocycles. The molecular formula is C79H115Cl12N9P8Ru6S3Y24-12. The van der Waals surface area contributed by atoms with Crippen LogP contribution in [0.25, 0.3) is 0 Å². The van der Waals surface area contributed by atoms with Crippen molar-refractivity contribution in [1.82, 2.24) is 29.4 Å². The zero-order chi connectivity index (χ0) is 90.5. The fourth-order valence-electron chi connectivity index (χ4n) is 7.74. The number of anilines is 2. The molecule has 750 valence electrons. The fourth-order valence-corrected chi connectivity index (χ4v) is 23.0. The molecule has 4 aliphatic rings. The van der Waals surface area contributed by atoms with E-state index in [2.05, 4.69) is 274 Å². The first-order chi connectivity index (χ1) is 56.2. The van der Waals surface area contributed by atoms with Crippen molar-refractivity contribution in [2.45, 2.75) is 27.7 Å². The molecule has 62 heteroatoms. The van der Waals surface area contributed by atoms with Crippen LogP contribution in [0, 0.1) is 80.0 Å². The first-order valence-electron chi connectivity index (χ1n) is 33.0. The van der Waals surface area contributed by atoms with Crippen LogP contribution in [0.15, 0.2) is 232 Å². The third-order valence-electron chi connectivity index (χ3n) is 12.7. The van der Waals surface area contributed by atoms with Gasteiger partial charge in [0.1, 0.15) is 5.84 Å². The van der Waals surface area contributed by atoms with Crippen molar-refractivity contribution in [2.24, 2.45) is 5.10 Å². The number of rotatable bonds is 9. The molecule has 2 fully saturated rings. The van der Waals surface area contributed by atoms with Gasteiger partial charge in [-0.05, 0) is 118 Å². The standard InChI is InChI=1S/C20H16N3.C7H13N2.2C7H6.2C5H11N2.3C5H4S.C5H8.8CH4P.12ClH.6Ru.24Y/c1-4-10-17(11-5-1)20-21-23(19-14-8-3-9-15-19)16-22(20)18-12-6-2-7-13-18;1-6-7(2)9(4)5-8(6)3;2*1-7-5-3-2-4-6-7;2*1-6-3-4-7(2)5-6;3*1-5-3-2-4-6-5;1-4-5(2)3;8*1-2;;;;;;;;;;;;;;;;;;;;;;;;;;;;;;;;;;;;;;;;;;/h1-16H;5H,1-4H3;2*1-6H;2*5H,3-4H2,1-2H3;3*1-4H;1,4H,2-3H3;8*1-2H2;12*1H;;;;;;;;;;;;;;;;;;;;;;;;;;;;;;/q2*-1;;;2*-1;;;;;8*-1;;;;;;;;;;;;;6*+2;;;;;;;;;;;;;;;;;;;;;;;;/p-12. The van der Waals surface area contributed by atoms with Crippen molar-refractivity contribution in [3.63, 3.8) is 0 Å².